The fourth-order valence-corrected chi connectivity index (χ4v) is 3.28. The van der Waals surface area contributed by atoms with E-state index in [1.807, 2.05) is 62.3 Å². The summed E-state index contributed by atoms with van der Waals surface area (Å²) in [5.41, 5.74) is 4.11. The predicted octanol–water partition coefficient (Wildman–Crippen LogP) is 3.89. The molecule has 1 aromatic carbocycles. The van der Waals surface area contributed by atoms with E-state index in [1.165, 1.54) is 0 Å². The Morgan fingerprint density at radius 2 is 1.79 bits per heavy atom. The molecule has 29 heavy (non-hydrogen) atoms. The van der Waals surface area contributed by atoms with Crippen LogP contribution < -0.4 is 0 Å². The fourth-order valence-electron chi connectivity index (χ4n) is 3.15. The molecule has 0 spiro atoms. The van der Waals surface area contributed by atoms with Crippen LogP contribution in [0.3, 0.4) is 0 Å². The predicted molar refractivity (Wildman–Crippen MR) is 117 cm³/mol. The number of hydrogen-bond acceptors (Lipinski definition) is 3. The molecule has 0 unspecified atom stereocenters. The average Bonchev–Trinajstić information content (AvgIpc) is 3.32. The zero-order chi connectivity index (χ0) is 20.8. The maximum absolute atomic E-state index is 12.9. The first-order valence-electron chi connectivity index (χ1n) is 9.77. The summed E-state index contributed by atoms with van der Waals surface area (Å²) in [6, 6.07) is 11.8. The zero-order valence-electron chi connectivity index (χ0n) is 17.2. The summed E-state index contributed by atoms with van der Waals surface area (Å²) in [6.07, 6.45) is 2.93. The van der Waals surface area contributed by atoms with Gasteiger partial charge in [0.05, 0.1) is 18.4 Å². The number of H-pyrrole nitrogens is 2. The molecule has 2 heterocycles. The Bertz CT molecular complexity index is 929. The van der Waals surface area contributed by atoms with Crippen LogP contribution in [0.25, 0.3) is 11.3 Å². The van der Waals surface area contributed by atoms with Crippen LogP contribution in [0.2, 0.25) is 5.02 Å². The van der Waals surface area contributed by atoms with Gasteiger partial charge in [0.1, 0.15) is 5.82 Å². The molecule has 0 radical (unpaired) electrons. The standard InChI is InChI=1S/C22H28ClN5O/c1-16-24-14-20(25-16)15-28(13-12-27(2)3)22(29)11-9-19-8-10-21(26-19)17-4-6-18(23)7-5-17/h4-8,10,14,26H,9,11-13,15H2,1-3H3,(H,24,25). The van der Waals surface area contributed by atoms with Crippen molar-refractivity contribution in [1.82, 2.24) is 24.8 Å². The largest absolute Gasteiger partial charge is 0.358 e. The van der Waals surface area contributed by atoms with Gasteiger partial charge in [0, 0.05) is 35.9 Å². The molecule has 0 aliphatic heterocycles. The Balaban J connectivity index is 1.60. The van der Waals surface area contributed by atoms with E-state index in [9.17, 15) is 4.79 Å². The quantitative estimate of drug-likeness (QED) is 0.559. The van der Waals surface area contributed by atoms with Gasteiger partial charge in [0.25, 0.3) is 0 Å². The van der Waals surface area contributed by atoms with Crippen molar-refractivity contribution >= 4 is 17.5 Å². The van der Waals surface area contributed by atoms with Crippen molar-refractivity contribution in [3.05, 3.63) is 64.8 Å². The SMILES string of the molecule is Cc1ncc(CN(CCN(C)C)C(=O)CCc2ccc(-c3ccc(Cl)cc3)[nH]2)[nH]1. The fraction of sp³-hybridized carbons (Fsp3) is 0.364. The highest BCUT2D eigenvalue weighted by molar-refractivity contribution is 6.30. The number of carbonyl (C=O) groups excluding carboxylic acids is 1. The maximum atomic E-state index is 12.9. The minimum Gasteiger partial charge on any atom is -0.358 e. The van der Waals surface area contributed by atoms with Crippen LogP contribution in [-0.4, -0.2) is 57.8 Å². The highest BCUT2D eigenvalue weighted by Crippen LogP contribution is 2.21. The third-order valence-corrected chi connectivity index (χ3v) is 5.05. The van der Waals surface area contributed by atoms with E-state index < -0.39 is 0 Å². The number of likely N-dealkylation sites (N-methyl/N-ethyl adjacent to an activating group) is 1. The summed E-state index contributed by atoms with van der Waals surface area (Å²) < 4.78 is 0. The normalized spacial score (nSPS) is 11.2. The number of aryl methyl sites for hydroxylation is 2. The van der Waals surface area contributed by atoms with Crippen LogP contribution in [0.4, 0.5) is 0 Å². The number of amides is 1. The number of aromatic amines is 2. The summed E-state index contributed by atoms with van der Waals surface area (Å²) in [7, 11) is 4.03. The number of carbonyl (C=O) groups is 1. The van der Waals surface area contributed by atoms with Gasteiger partial charge in [-0.2, -0.15) is 0 Å². The van der Waals surface area contributed by atoms with Crippen LogP contribution in [0.5, 0.6) is 0 Å². The molecule has 0 fully saturated rings. The highest BCUT2D eigenvalue weighted by Gasteiger charge is 2.16. The summed E-state index contributed by atoms with van der Waals surface area (Å²) >= 11 is 5.96. The molecule has 7 heteroatoms. The number of nitrogens with one attached hydrogen (secondary N) is 2. The van der Waals surface area contributed by atoms with Gasteiger partial charge in [-0.05, 0) is 57.3 Å². The van der Waals surface area contributed by atoms with E-state index in [4.69, 9.17) is 11.6 Å². The second-order valence-electron chi connectivity index (χ2n) is 7.52. The first-order valence-corrected chi connectivity index (χ1v) is 10.2. The van der Waals surface area contributed by atoms with E-state index in [2.05, 4.69) is 19.9 Å². The molecule has 2 aromatic heterocycles. The van der Waals surface area contributed by atoms with Crippen molar-refractivity contribution in [2.75, 3.05) is 27.2 Å². The molecular weight excluding hydrogens is 386 g/mol. The van der Waals surface area contributed by atoms with E-state index in [1.54, 1.807) is 6.20 Å². The molecule has 0 atom stereocenters. The van der Waals surface area contributed by atoms with E-state index in [-0.39, 0.29) is 5.91 Å². The maximum Gasteiger partial charge on any atom is 0.223 e. The summed E-state index contributed by atoms with van der Waals surface area (Å²) in [4.78, 5) is 27.7. The number of hydrogen-bond donors (Lipinski definition) is 2. The number of halogens is 1. The molecule has 154 valence electrons. The smallest absolute Gasteiger partial charge is 0.223 e. The van der Waals surface area contributed by atoms with Crippen LogP contribution >= 0.6 is 11.6 Å². The number of benzene rings is 1. The summed E-state index contributed by atoms with van der Waals surface area (Å²) in [5, 5.41) is 0.719. The number of aromatic nitrogens is 3. The third kappa shape index (κ3) is 6.21. The minimum atomic E-state index is 0.141. The molecule has 3 aromatic rings. The Morgan fingerprint density at radius 1 is 1.03 bits per heavy atom. The lowest BCUT2D eigenvalue weighted by molar-refractivity contribution is -0.132. The molecule has 1 amide bonds. The molecular formula is C22H28ClN5O. The minimum absolute atomic E-state index is 0.141. The molecule has 0 bridgehead atoms. The van der Waals surface area contributed by atoms with Crippen LogP contribution in [0, 0.1) is 6.92 Å². The molecule has 0 aliphatic carbocycles. The van der Waals surface area contributed by atoms with Gasteiger partial charge in [-0.15, -0.1) is 0 Å². The van der Waals surface area contributed by atoms with Crippen LogP contribution in [0.1, 0.15) is 23.6 Å². The molecule has 0 saturated carbocycles. The second-order valence-corrected chi connectivity index (χ2v) is 7.95. The first kappa shape index (κ1) is 21.1. The molecule has 0 aliphatic rings. The molecule has 0 saturated heterocycles. The summed E-state index contributed by atoms with van der Waals surface area (Å²) in [6.45, 7) is 3.97. The number of imidazole rings is 1. The summed E-state index contributed by atoms with van der Waals surface area (Å²) in [5.74, 6) is 1.00. The third-order valence-electron chi connectivity index (χ3n) is 4.80. The number of nitrogens with zero attached hydrogens (tertiary/aromatic N) is 3. The molecule has 3 rings (SSSR count). The van der Waals surface area contributed by atoms with Gasteiger partial charge in [-0.1, -0.05) is 23.7 Å². The van der Waals surface area contributed by atoms with Gasteiger partial charge in [-0.3, -0.25) is 4.79 Å². The number of rotatable bonds is 9. The van der Waals surface area contributed by atoms with Gasteiger partial charge in [0.15, 0.2) is 0 Å². The molecule has 2 N–H and O–H groups in total. The van der Waals surface area contributed by atoms with Gasteiger partial charge in [0.2, 0.25) is 5.91 Å². The lowest BCUT2D eigenvalue weighted by Crippen LogP contribution is -2.36. The zero-order valence-corrected chi connectivity index (χ0v) is 18.0. The van der Waals surface area contributed by atoms with Crippen molar-refractivity contribution in [2.24, 2.45) is 0 Å². The van der Waals surface area contributed by atoms with Crippen molar-refractivity contribution in [2.45, 2.75) is 26.3 Å². The van der Waals surface area contributed by atoms with Crippen molar-refractivity contribution in [3.8, 4) is 11.3 Å². The van der Waals surface area contributed by atoms with E-state index in [0.717, 1.165) is 40.0 Å². The average molecular weight is 414 g/mol. The Hall–Kier alpha value is -2.57. The van der Waals surface area contributed by atoms with Crippen molar-refractivity contribution in [1.29, 1.82) is 0 Å². The van der Waals surface area contributed by atoms with Gasteiger partial charge < -0.3 is 19.8 Å². The van der Waals surface area contributed by atoms with E-state index in [0.29, 0.717) is 25.9 Å². The Kier molecular flexibility index (Phi) is 7.12. The van der Waals surface area contributed by atoms with E-state index >= 15 is 0 Å². The first-order chi connectivity index (χ1) is 13.9. The van der Waals surface area contributed by atoms with Crippen molar-refractivity contribution in [3.63, 3.8) is 0 Å². The lowest BCUT2D eigenvalue weighted by Gasteiger charge is -2.24. The van der Waals surface area contributed by atoms with Gasteiger partial charge >= 0.3 is 0 Å². The topological polar surface area (TPSA) is 68.0 Å². The monoisotopic (exact) mass is 413 g/mol. The highest BCUT2D eigenvalue weighted by atomic mass is 35.5. The Labute approximate surface area is 176 Å². The van der Waals surface area contributed by atoms with Gasteiger partial charge in [-0.25, -0.2) is 4.98 Å². The second kappa shape index (κ2) is 9.76. The lowest BCUT2D eigenvalue weighted by atomic mass is 10.2. The Morgan fingerprint density at radius 3 is 2.45 bits per heavy atom. The van der Waals surface area contributed by atoms with Crippen LogP contribution in [-0.2, 0) is 17.8 Å². The molecule has 6 nitrogen and oxygen atoms in total. The van der Waals surface area contributed by atoms with Crippen molar-refractivity contribution < 1.29 is 4.79 Å². The van der Waals surface area contributed by atoms with Crippen LogP contribution in [0.15, 0.2) is 42.6 Å².